The van der Waals surface area contributed by atoms with Crippen LogP contribution in [0.5, 0.6) is 5.75 Å². The number of hydrogen-bond acceptors (Lipinski definition) is 4. The highest BCUT2D eigenvalue weighted by Gasteiger charge is 2.57. The zero-order chi connectivity index (χ0) is 17.1. The van der Waals surface area contributed by atoms with Gasteiger partial charge in [-0.05, 0) is 72.6 Å². The Kier molecular flexibility index (Phi) is 3.73. The van der Waals surface area contributed by atoms with Gasteiger partial charge in [0.15, 0.2) is 0 Å². The zero-order valence-electron chi connectivity index (χ0n) is 14.4. The van der Waals surface area contributed by atoms with Crippen molar-refractivity contribution in [3.05, 3.63) is 29.3 Å². The molecule has 24 heavy (non-hydrogen) atoms. The van der Waals surface area contributed by atoms with E-state index in [4.69, 9.17) is 4.74 Å². The Labute approximate surface area is 142 Å². The normalized spacial score (nSPS) is 40.4. The van der Waals surface area contributed by atoms with Gasteiger partial charge in [0.2, 0.25) is 0 Å². The monoisotopic (exact) mass is 330 g/mol. The van der Waals surface area contributed by atoms with E-state index in [0.29, 0.717) is 24.0 Å². The highest BCUT2D eigenvalue weighted by Crippen LogP contribution is 2.60. The van der Waals surface area contributed by atoms with Crippen LogP contribution >= 0.6 is 0 Å². The van der Waals surface area contributed by atoms with Gasteiger partial charge >= 0.3 is 5.97 Å². The van der Waals surface area contributed by atoms with Crippen molar-refractivity contribution in [3.63, 3.8) is 0 Å². The molecule has 1 aromatic carbocycles. The van der Waals surface area contributed by atoms with Crippen molar-refractivity contribution in [2.24, 2.45) is 17.3 Å². The van der Waals surface area contributed by atoms with Crippen LogP contribution in [0.4, 0.5) is 0 Å². The lowest BCUT2D eigenvalue weighted by molar-refractivity contribution is -0.131. The van der Waals surface area contributed by atoms with Crippen molar-refractivity contribution < 1.29 is 19.7 Å². The molecule has 0 saturated heterocycles. The second kappa shape index (κ2) is 5.57. The van der Waals surface area contributed by atoms with E-state index in [0.717, 1.165) is 25.7 Å². The number of esters is 1. The largest absolute Gasteiger partial charge is 0.427 e. The summed E-state index contributed by atoms with van der Waals surface area (Å²) in [5.74, 6) is 1.34. The molecule has 0 aromatic heterocycles. The van der Waals surface area contributed by atoms with Gasteiger partial charge in [0, 0.05) is 12.8 Å². The van der Waals surface area contributed by atoms with E-state index < -0.39 is 6.10 Å². The molecular formula is C20H26O4. The van der Waals surface area contributed by atoms with Crippen LogP contribution in [0.3, 0.4) is 0 Å². The molecular weight excluding hydrogens is 304 g/mol. The molecule has 4 nitrogen and oxygen atoms in total. The summed E-state index contributed by atoms with van der Waals surface area (Å²) in [6, 6.07) is 5.82. The number of carbonyl (C=O) groups is 1. The van der Waals surface area contributed by atoms with E-state index >= 15 is 0 Å². The number of hydrogen-bond donors (Lipinski definition) is 2. The molecule has 0 unspecified atom stereocenters. The summed E-state index contributed by atoms with van der Waals surface area (Å²) in [6.07, 6.45) is 3.87. The maximum absolute atomic E-state index is 11.2. The fourth-order valence-corrected chi connectivity index (χ4v) is 5.84. The molecule has 2 saturated carbocycles. The maximum atomic E-state index is 11.2. The van der Waals surface area contributed by atoms with Gasteiger partial charge in [-0.25, -0.2) is 0 Å². The Morgan fingerprint density at radius 3 is 2.79 bits per heavy atom. The Morgan fingerprint density at radius 2 is 2.04 bits per heavy atom. The molecule has 0 aliphatic heterocycles. The molecule has 0 spiro atoms. The number of carbonyl (C=O) groups excluding carboxylic acids is 1. The molecule has 0 radical (unpaired) electrons. The first kappa shape index (κ1) is 16.1. The number of aliphatic hydroxyl groups is 2. The highest BCUT2D eigenvalue weighted by atomic mass is 16.5. The lowest BCUT2D eigenvalue weighted by Gasteiger charge is -2.52. The van der Waals surface area contributed by atoms with E-state index in [9.17, 15) is 15.0 Å². The number of aliphatic hydroxyl groups excluding tert-OH is 2. The SMILES string of the molecule is CC(=O)Oc1ccc2c(c1)CC[C@@H]1[C@@H]2[C@H](O)C[C@@]2(C)[C@@H]1CC[C@@H]2O. The standard InChI is InChI=1S/C20H26O4/c1-11(21)24-13-4-6-14-12(9-13)3-5-15-16-7-8-18(23)20(16,2)10-17(22)19(14)15/h4,6,9,15-19,22-23H,3,5,7-8,10H2,1-2H3/t15-,16+,17+,18-,19+,20-/m0/s1. The minimum atomic E-state index is -0.414. The Balaban J connectivity index is 1.68. The molecule has 3 aliphatic carbocycles. The Bertz CT molecular complexity index is 670. The first-order chi connectivity index (χ1) is 11.4. The number of aryl methyl sites for hydroxylation is 1. The number of rotatable bonds is 1. The van der Waals surface area contributed by atoms with E-state index in [1.54, 1.807) is 0 Å². The van der Waals surface area contributed by atoms with Crippen molar-refractivity contribution in [3.8, 4) is 5.75 Å². The summed E-state index contributed by atoms with van der Waals surface area (Å²) in [6.45, 7) is 3.57. The molecule has 4 rings (SSSR count). The van der Waals surface area contributed by atoms with E-state index in [1.807, 2.05) is 18.2 Å². The summed E-state index contributed by atoms with van der Waals surface area (Å²) in [5.41, 5.74) is 2.25. The third-order valence-corrected chi connectivity index (χ3v) is 6.88. The van der Waals surface area contributed by atoms with Gasteiger partial charge in [0.25, 0.3) is 0 Å². The molecule has 130 valence electrons. The predicted octanol–water partition coefficient (Wildman–Crippen LogP) is 2.80. The van der Waals surface area contributed by atoms with Crippen molar-refractivity contribution in [2.75, 3.05) is 0 Å². The van der Waals surface area contributed by atoms with Crippen LogP contribution in [-0.4, -0.2) is 28.4 Å². The quantitative estimate of drug-likeness (QED) is 0.614. The van der Waals surface area contributed by atoms with Gasteiger partial charge in [0.1, 0.15) is 5.75 Å². The van der Waals surface area contributed by atoms with Crippen molar-refractivity contribution in [1.82, 2.24) is 0 Å². The molecule has 4 heteroatoms. The third kappa shape index (κ3) is 2.31. The summed E-state index contributed by atoms with van der Waals surface area (Å²) in [7, 11) is 0. The predicted molar refractivity (Wildman–Crippen MR) is 89.8 cm³/mol. The van der Waals surface area contributed by atoms with Gasteiger partial charge in [-0.3, -0.25) is 4.79 Å². The van der Waals surface area contributed by atoms with E-state index in [1.165, 1.54) is 18.1 Å². The minimum absolute atomic E-state index is 0.142. The van der Waals surface area contributed by atoms with Gasteiger partial charge in [-0.2, -0.15) is 0 Å². The Hall–Kier alpha value is -1.39. The number of fused-ring (bicyclic) bond motifs is 5. The lowest BCUT2D eigenvalue weighted by Crippen LogP contribution is -2.50. The molecule has 0 heterocycles. The van der Waals surface area contributed by atoms with Gasteiger partial charge in [-0.1, -0.05) is 13.0 Å². The maximum Gasteiger partial charge on any atom is 0.308 e. The topological polar surface area (TPSA) is 66.8 Å². The molecule has 6 atom stereocenters. The van der Waals surface area contributed by atoms with Crippen LogP contribution in [-0.2, 0) is 11.2 Å². The molecule has 3 aliphatic rings. The summed E-state index contributed by atoms with van der Waals surface area (Å²) >= 11 is 0. The van der Waals surface area contributed by atoms with Gasteiger partial charge in [0.05, 0.1) is 12.2 Å². The average Bonchev–Trinajstić information content (AvgIpc) is 2.81. The average molecular weight is 330 g/mol. The fraction of sp³-hybridized carbons (Fsp3) is 0.650. The van der Waals surface area contributed by atoms with Crippen LogP contribution in [0, 0.1) is 17.3 Å². The van der Waals surface area contributed by atoms with Gasteiger partial charge in [-0.15, -0.1) is 0 Å². The molecule has 2 fully saturated rings. The summed E-state index contributed by atoms with van der Waals surface area (Å²) in [4.78, 5) is 11.2. The van der Waals surface area contributed by atoms with Crippen LogP contribution in [0.1, 0.15) is 56.6 Å². The second-order valence-corrected chi connectivity index (χ2v) is 8.16. The minimum Gasteiger partial charge on any atom is -0.427 e. The lowest BCUT2D eigenvalue weighted by atomic mass is 9.54. The van der Waals surface area contributed by atoms with Gasteiger partial charge < -0.3 is 14.9 Å². The molecule has 2 N–H and O–H groups in total. The smallest absolute Gasteiger partial charge is 0.308 e. The number of ether oxygens (including phenoxy) is 1. The fourth-order valence-electron chi connectivity index (χ4n) is 5.84. The van der Waals surface area contributed by atoms with E-state index in [2.05, 4.69) is 6.92 Å². The highest BCUT2D eigenvalue weighted by molar-refractivity contribution is 5.69. The molecule has 0 amide bonds. The van der Waals surface area contributed by atoms with Crippen molar-refractivity contribution in [2.45, 2.75) is 64.1 Å². The first-order valence-electron chi connectivity index (χ1n) is 9.07. The van der Waals surface area contributed by atoms with Crippen LogP contribution < -0.4 is 4.74 Å². The summed E-state index contributed by atoms with van der Waals surface area (Å²) < 4.78 is 5.21. The van der Waals surface area contributed by atoms with E-state index in [-0.39, 0.29) is 23.4 Å². The second-order valence-electron chi connectivity index (χ2n) is 8.16. The third-order valence-electron chi connectivity index (χ3n) is 6.88. The first-order valence-corrected chi connectivity index (χ1v) is 9.07. The molecule has 1 aromatic rings. The van der Waals surface area contributed by atoms with Crippen molar-refractivity contribution in [1.29, 1.82) is 0 Å². The Morgan fingerprint density at radius 1 is 1.25 bits per heavy atom. The summed E-state index contributed by atoms with van der Waals surface area (Å²) in [5, 5.41) is 21.3. The van der Waals surface area contributed by atoms with Crippen LogP contribution in [0.15, 0.2) is 18.2 Å². The zero-order valence-corrected chi connectivity index (χ0v) is 14.4. The number of benzene rings is 1. The van der Waals surface area contributed by atoms with Crippen LogP contribution in [0.2, 0.25) is 0 Å². The van der Waals surface area contributed by atoms with Crippen LogP contribution in [0.25, 0.3) is 0 Å². The molecule has 0 bridgehead atoms. The van der Waals surface area contributed by atoms with Crippen molar-refractivity contribution >= 4 is 5.97 Å².